The highest BCUT2D eigenvalue weighted by molar-refractivity contribution is 5.92. The molecule has 1 aromatic carbocycles. The van der Waals surface area contributed by atoms with Crippen LogP contribution in [0.2, 0.25) is 0 Å². The Morgan fingerprint density at radius 1 is 1.07 bits per heavy atom. The molecule has 2 aliphatic heterocycles. The molecule has 3 unspecified atom stereocenters. The van der Waals surface area contributed by atoms with Crippen molar-refractivity contribution in [1.29, 1.82) is 0 Å². The number of carbonyl (C=O) groups excluding carboxylic acids is 2. The van der Waals surface area contributed by atoms with Gasteiger partial charge in [-0.2, -0.15) is 0 Å². The maximum atomic E-state index is 12.9. The van der Waals surface area contributed by atoms with Gasteiger partial charge < -0.3 is 14.7 Å². The monoisotopic (exact) mass is 409 g/mol. The molecule has 3 heterocycles. The van der Waals surface area contributed by atoms with E-state index in [0.29, 0.717) is 31.9 Å². The third-order valence-corrected chi connectivity index (χ3v) is 6.51. The fourth-order valence-corrected chi connectivity index (χ4v) is 4.79. The Bertz CT molecular complexity index is 907. The van der Waals surface area contributed by atoms with Crippen LogP contribution in [0.1, 0.15) is 36.2 Å². The molecule has 0 spiro atoms. The van der Waals surface area contributed by atoms with Crippen LogP contribution in [0.15, 0.2) is 40.9 Å². The number of nitrogens with zero attached hydrogens (tertiary/aromatic N) is 3. The lowest BCUT2D eigenvalue weighted by molar-refractivity contribution is -0.134. The molecule has 158 valence electrons. The second-order valence-electron chi connectivity index (χ2n) is 8.35. The van der Waals surface area contributed by atoms with Gasteiger partial charge in [0, 0.05) is 43.9 Å². The number of carbonyl (C=O) groups is 2. The van der Waals surface area contributed by atoms with Gasteiger partial charge in [-0.1, -0.05) is 48.3 Å². The average Bonchev–Trinajstić information content (AvgIpc) is 3.30. The number of hydrogen-bond donors (Lipinski definition) is 2. The van der Waals surface area contributed by atoms with Crippen molar-refractivity contribution in [2.75, 3.05) is 26.2 Å². The second-order valence-corrected chi connectivity index (χ2v) is 8.35. The number of hydrogen-bond acceptors (Lipinski definition) is 6. The Morgan fingerprint density at radius 2 is 1.83 bits per heavy atom. The molecule has 8 heteroatoms. The molecule has 5 rings (SSSR count). The van der Waals surface area contributed by atoms with Crippen LogP contribution in [0.25, 0.3) is 11.3 Å². The van der Waals surface area contributed by atoms with Gasteiger partial charge in [0.2, 0.25) is 11.7 Å². The zero-order valence-electron chi connectivity index (χ0n) is 16.9. The van der Waals surface area contributed by atoms with Crippen molar-refractivity contribution < 1.29 is 14.1 Å². The van der Waals surface area contributed by atoms with E-state index in [1.807, 2.05) is 30.3 Å². The van der Waals surface area contributed by atoms with E-state index in [9.17, 15) is 9.59 Å². The van der Waals surface area contributed by atoms with Crippen molar-refractivity contribution in [1.82, 2.24) is 25.6 Å². The van der Waals surface area contributed by atoms with Crippen LogP contribution in [0, 0.1) is 5.92 Å². The first kappa shape index (κ1) is 19.3. The number of fused-ring (bicyclic) bond motifs is 1. The quantitative estimate of drug-likeness (QED) is 0.801. The standard InChI is InChI=1S/C22H27N5O3/c28-20-16-8-4-5-9-17(16)23-22(24-20)27-12-10-26(11-13-27)21(29)19-14-18(25-30-19)15-6-2-1-3-7-15/h1-3,6-7,14,16-17,22-23H,4-5,8-13H2,(H,24,28). The van der Waals surface area contributed by atoms with E-state index in [0.717, 1.165) is 24.8 Å². The zero-order valence-corrected chi connectivity index (χ0v) is 16.9. The number of aromatic nitrogens is 1. The molecule has 2 saturated heterocycles. The molecule has 0 bridgehead atoms. The third kappa shape index (κ3) is 3.73. The first-order valence-electron chi connectivity index (χ1n) is 10.8. The molecule has 30 heavy (non-hydrogen) atoms. The summed E-state index contributed by atoms with van der Waals surface area (Å²) < 4.78 is 5.33. The molecule has 1 aliphatic carbocycles. The highest BCUT2D eigenvalue weighted by Gasteiger charge is 2.40. The lowest BCUT2D eigenvalue weighted by atomic mass is 9.82. The minimum atomic E-state index is -0.149. The molecule has 1 aromatic heterocycles. The summed E-state index contributed by atoms with van der Waals surface area (Å²) in [6.07, 6.45) is 4.20. The highest BCUT2D eigenvalue weighted by Crippen LogP contribution is 2.28. The molecule has 2 N–H and O–H groups in total. The molecule has 3 aliphatic rings. The molecule has 2 amide bonds. The number of benzene rings is 1. The Morgan fingerprint density at radius 3 is 2.63 bits per heavy atom. The lowest BCUT2D eigenvalue weighted by Crippen LogP contribution is -2.69. The molecule has 1 saturated carbocycles. The topological polar surface area (TPSA) is 90.7 Å². The number of rotatable bonds is 3. The molecule has 3 fully saturated rings. The average molecular weight is 409 g/mol. The summed E-state index contributed by atoms with van der Waals surface area (Å²) in [7, 11) is 0. The van der Waals surface area contributed by atoms with E-state index in [4.69, 9.17) is 4.52 Å². The van der Waals surface area contributed by atoms with E-state index in [1.54, 1.807) is 11.0 Å². The van der Waals surface area contributed by atoms with Gasteiger partial charge in [-0.3, -0.25) is 19.8 Å². The van der Waals surface area contributed by atoms with E-state index >= 15 is 0 Å². The van der Waals surface area contributed by atoms with Crippen molar-refractivity contribution >= 4 is 11.8 Å². The van der Waals surface area contributed by atoms with Crippen LogP contribution >= 0.6 is 0 Å². The van der Waals surface area contributed by atoms with Gasteiger partial charge >= 0.3 is 0 Å². The number of nitrogens with one attached hydrogen (secondary N) is 2. The van der Waals surface area contributed by atoms with E-state index < -0.39 is 0 Å². The molecule has 2 aromatic rings. The van der Waals surface area contributed by atoms with Crippen molar-refractivity contribution in [3.05, 3.63) is 42.2 Å². The summed E-state index contributed by atoms with van der Waals surface area (Å²) in [4.78, 5) is 29.4. The van der Waals surface area contributed by atoms with Crippen LogP contribution in [0.4, 0.5) is 0 Å². The van der Waals surface area contributed by atoms with Gasteiger partial charge in [-0.05, 0) is 12.8 Å². The van der Waals surface area contributed by atoms with E-state index in [1.165, 1.54) is 6.42 Å². The first-order valence-corrected chi connectivity index (χ1v) is 10.8. The number of piperazine rings is 1. The predicted octanol–water partition coefficient (Wildman–Crippen LogP) is 1.66. The molecule has 0 radical (unpaired) electrons. The minimum Gasteiger partial charge on any atom is -0.350 e. The fourth-order valence-electron chi connectivity index (χ4n) is 4.79. The third-order valence-electron chi connectivity index (χ3n) is 6.51. The smallest absolute Gasteiger partial charge is 0.292 e. The van der Waals surface area contributed by atoms with Crippen molar-refractivity contribution in [3.8, 4) is 11.3 Å². The Kier molecular flexibility index (Phi) is 5.26. The molecular weight excluding hydrogens is 382 g/mol. The van der Waals surface area contributed by atoms with Crippen molar-refractivity contribution in [2.24, 2.45) is 5.92 Å². The van der Waals surface area contributed by atoms with Gasteiger partial charge in [0.25, 0.3) is 5.91 Å². The zero-order chi connectivity index (χ0) is 20.5. The second kappa shape index (κ2) is 8.20. The summed E-state index contributed by atoms with van der Waals surface area (Å²) in [5, 5.41) is 10.8. The van der Waals surface area contributed by atoms with Crippen LogP contribution in [0.5, 0.6) is 0 Å². The van der Waals surface area contributed by atoms with Crippen LogP contribution in [-0.4, -0.2) is 65.3 Å². The molecule has 3 atom stereocenters. The molecule has 8 nitrogen and oxygen atoms in total. The largest absolute Gasteiger partial charge is 0.350 e. The summed E-state index contributed by atoms with van der Waals surface area (Å²) in [6.45, 7) is 2.56. The van der Waals surface area contributed by atoms with Crippen LogP contribution < -0.4 is 10.6 Å². The fraction of sp³-hybridized carbons (Fsp3) is 0.500. The Hall–Kier alpha value is -2.71. The maximum absolute atomic E-state index is 12.9. The van der Waals surface area contributed by atoms with Crippen LogP contribution in [0.3, 0.4) is 0 Å². The summed E-state index contributed by atoms with van der Waals surface area (Å²) in [5.74, 6) is 0.383. The van der Waals surface area contributed by atoms with Crippen molar-refractivity contribution in [2.45, 2.75) is 38.0 Å². The van der Waals surface area contributed by atoms with Gasteiger partial charge in [0.15, 0.2) is 0 Å². The van der Waals surface area contributed by atoms with Gasteiger partial charge in [-0.15, -0.1) is 0 Å². The Labute approximate surface area is 175 Å². The highest BCUT2D eigenvalue weighted by atomic mass is 16.5. The van der Waals surface area contributed by atoms with Crippen LogP contribution in [-0.2, 0) is 4.79 Å². The van der Waals surface area contributed by atoms with Gasteiger partial charge in [0.05, 0.1) is 5.92 Å². The predicted molar refractivity (Wildman–Crippen MR) is 110 cm³/mol. The first-order chi connectivity index (χ1) is 14.7. The summed E-state index contributed by atoms with van der Waals surface area (Å²) in [5.41, 5.74) is 1.58. The lowest BCUT2D eigenvalue weighted by Gasteiger charge is -2.46. The SMILES string of the molecule is O=C1NC(N2CCN(C(=O)c3cc(-c4ccccc4)no3)CC2)NC2CCCCC12. The minimum absolute atomic E-state index is 0.100. The van der Waals surface area contributed by atoms with E-state index in [2.05, 4.69) is 20.7 Å². The van der Waals surface area contributed by atoms with Gasteiger partial charge in [0.1, 0.15) is 12.0 Å². The normalized spacial score (nSPS) is 27.4. The number of amides is 2. The summed E-state index contributed by atoms with van der Waals surface area (Å²) >= 11 is 0. The molecular formula is C22H27N5O3. The van der Waals surface area contributed by atoms with Crippen molar-refractivity contribution in [3.63, 3.8) is 0 Å². The summed E-state index contributed by atoms with van der Waals surface area (Å²) in [6, 6.07) is 11.6. The maximum Gasteiger partial charge on any atom is 0.292 e. The van der Waals surface area contributed by atoms with E-state index in [-0.39, 0.29) is 35.8 Å². The van der Waals surface area contributed by atoms with Gasteiger partial charge in [-0.25, -0.2) is 0 Å². The Balaban J connectivity index is 1.19.